The number of ether oxygens (including phenoxy) is 1. The molecule has 0 fully saturated rings. The van der Waals surface area contributed by atoms with Crippen molar-refractivity contribution in [2.24, 2.45) is 0 Å². The molecule has 0 bridgehead atoms. The summed E-state index contributed by atoms with van der Waals surface area (Å²) >= 11 is 0. The summed E-state index contributed by atoms with van der Waals surface area (Å²) < 4.78 is 5.33. The molecule has 2 atom stereocenters. The first-order valence-electron chi connectivity index (χ1n) is 12.5. The van der Waals surface area contributed by atoms with Crippen LogP contribution in [0.3, 0.4) is 0 Å². The fourth-order valence-corrected chi connectivity index (χ4v) is 4.13. The number of carbonyl (C=O) groups is 3. The number of hydrogen-bond acceptors (Lipinski definition) is 4. The van der Waals surface area contributed by atoms with E-state index in [1.165, 1.54) is 0 Å². The van der Waals surface area contributed by atoms with Crippen molar-refractivity contribution < 1.29 is 19.1 Å². The summed E-state index contributed by atoms with van der Waals surface area (Å²) in [4.78, 5) is 41.6. The van der Waals surface area contributed by atoms with Crippen LogP contribution in [0.4, 0.5) is 10.5 Å². The van der Waals surface area contributed by atoms with Gasteiger partial charge in [0.05, 0.1) is 0 Å². The van der Waals surface area contributed by atoms with E-state index >= 15 is 0 Å². The molecule has 2 aromatic carbocycles. The summed E-state index contributed by atoms with van der Waals surface area (Å²) in [5.41, 5.74) is 4.66. The average Bonchev–Trinajstić information content (AvgIpc) is 2.77. The molecular weight excluding hydrogens is 454 g/mol. The van der Waals surface area contributed by atoms with Gasteiger partial charge in [0.15, 0.2) is 0 Å². The normalized spacial score (nSPS) is 12.9. The van der Waals surface area contributed by atoms with Crippen molar-refractivity contribution in [2.45, 2.75) is 86.4 Å². The Morgan fingerprint density at radius 2 is 1.50 bits per heavy atom. The molecule has 0 radical (unpaired) electrons. The molecule has 0 aliphatic carbocycles. The molecule has 0 aromatic heterocycles. The summed E-state index contributed by atoms with van der Waals surface area (Å²) in [5, 5.41) is 5.71. The summed E-state index contributed by atoms with van der Waals surface area (Å²) in [6.07, 6.45) is -0.0359. The molecule has 2 unspecified atom stereocenters. The fraction of sp³-hybridized carbons (Fsp3) is 0.483. The predicted molar refractivity (Wildman–Crippen MR) is 144 cm³/mol. The smallest absolute Gasteiger partial charge is 0.408 e. The lowest BCUT2D eigenvalue weighted by Gasteiger charge is -2.34. The van der Waals surface area contributed by atoms with Crippen LogP contribution in [0, 0.1) is 27.7 Å². The quantitative estimate of drug-likeness (QED) is 0.488. The molecule has 0 heterocycles. The van der Waals surface area contributed by atoms with Crippen LogP contribution in [0.2, 0.25) is 0 Å². The van der Waals surface area contributed by atoms with Gasteiger partial charge in [0, 0.05) is 12.2 Å². The molecule has 36 heavy (non-hydrogen) atoms. The molecule has 0 spiro atoms. The topological polar surface area (TPSA) is 87.7 Å². The van der Waals surface area contributed by atoms with Gasteiger partial charge in [-0.3, -0.25) is 9.59 Å². The van der Waals surface area contributed by atoms with E-state index in [2.05, 4.69) is 10.6 Å². The first-order chi connectivity index (χ1) is 16.8. The van der Waals surface area contributed by atoms with Gasteiger partial charge in [0.1, 0.15) is 17.7 Å². The van der Waals surface area contributed by atoms with Crippen LogP contribution >= 0.6 is 0 Å². The van der Waals surface area contributed by atoms with Gasteiger partial charge in [-0.2, -0.15) is 0 Å². The van der Waals surface area contributed by atoms with Gasteiger partial charge >= 0.3 is 6.09 Å². The maximum Gasteiger partial charge on any atom is 0.408 e. The van der Waals surface area contributed by atoms with Crippen molar-refractivity contribution in [2.75, 3.05) is 11.9 Å². The van der Waals surface area contributed by atoms with Crippen molar-refractivity contribution in [3.05, 3.63) is 64.2 Å². The Bertz CT molecular complexity index is 1080. The van der Waals surface area contributed by atoms with Gasteiger partial charge < -0.3 is 20.3 Å². The Morgan fingerprint density at radius 1 is 0.944 bits per heavy atom. The average molecular weight is 496 g/mol. The minimum atomic E-state index is -0.882. The third-order valence-electron chi connectivity index (χ3n) is 6.08. The minimum absolute atomic E-state index is 0.299. The molecule has 3 amide bonds. The molecule has 7 nitrogen and oxygen atoms in total. The van der Waals surface area contributed by atoms with Crippen LogP contribution < -0.4 is 10.6 Å². The number of nitrogens with zero attached hydrogens (tertiary/aromatic N) is 1. The van der Waals surface area contributed by atoms with Crippen LogP contribution in [0.25, 0.3) is 0 Å². The molecule has 0 aliphatic rings. The zero-order valence-electron chi connectivity index (χ0n) is 23.1. The van der Waals surface area contributed by atoms with E-state index in [0.29, 0.717) is 13.0 Å². The van der Waals surface area contributed by atoms with E-state index in [1.807, 2.05) is 71.0 Å². The van der Waals surface area contributed by atoms with E-state index in [0.717, 1.165) is 33.5 Å². The third kappa shape index (κ3) is 7.33. The number of amides is 3. The van der Waals surface area contributed by atoms with Crippen molar-refractivity contribution in [3.63, 3.8) is 0 Å². The van der Waals surface area contributed by atoms with E-state index in [9.17, 15) is 14.4 Å². The summed E-state index contributed by atoms with van der Waals surface area (Å²) in [6.45, 7) is 17.0. The Hall–Kier alpha value is -3.35. The number of aryl methyl sites for hydroxylation is 3. The second-order valence-electron chi connectivity index (χ2n) is 10.3. The SMILES string of the molecule is CCCN(C(=O)C(C)NC(=O)OC(C)(C)C)C(C(=O)Nc1c(C)cccc1C)c1cccc(C)c1C. The maximum absolute atomic E-state index is 13.9. The van der Waals surface area contributed by atoms with Gasteiger partial charge in [0.25, 0.3) is 5.91 Å². The molecular formula is C29H41N3O4. The second kappa shape index (κ2) is 12.1. The number of carbonyl (C=O) groups excluding carboxylic acids is 3. The number of hydrogen-bond donors (Lipinski definition) is 2. The zero-order chi connectivity index (χ0) is 27.2. The molecule has 7 heteroatoms. The Labute approximate surface area is 215 Å². The summed E-state index contributed by atoms with van der Waals surface area (Å²) in [6, 6.07) is 9.84. The molecule has 0 aliphatic heterocycles. The lowest BCUT2D eigenvalue weighted by Crippen LogP contribution is -2.51. The highest BCUT2D eigenvalue weighted by atomic mass is 16.6. The summed E-state index contributed by atoms with van der Waals surface area (Å²) in [5.74, 6) is -0.655. The van der Waals surface area contributed by atoms with Crippen LogP contribution in [-0.4, -0.2) is 41.0 Å². The third-order valence-corrected chi connectivity index (χ3v) is 6.08. The van der Waals surface area contributed by atoms with E-state index < -0.39 is 23.8 Å². The standard InChI is InChI=1S/C29H41N3O4/c1-10-17-32(27(34)22(6)30-28(35)36-29(7,8)9)25(23-16-12-13-18(2)21(23)5)26(33)31-24-19(3)14-11-15-20(24)4/h11-16,22,25H,10,17H2,1-9H3,(H,30,35)(H,31,33). The van der Waals surface area contributed by atoms with Crippen molar-refractivity contribution in [1.29, 1.82) is 0 Å². The number of anilines is 1. The van der Waals surface area contributed by atoms with Crippen molar-refractivity contribution in [3.8, 4) is 0 Å². The van der Waals surface area contributed by atoms with E-state index in [1.54, 1.807) is 32.6 Å². The predicted octanol–water partition coefficient (Wildman–Crippen LogP) is 5.75. The monoisotopic (exact) mass is 495 g/mol. The van der Waals surface area contributed by atoms with Gasteiger partial charge in [-0.25, -0.2) is 4.79 Å². The molecule has 0 saturated heterocycles. The minimum Gasteiger partial charge on any atom is -0.444 e. The van der Waals surface area contributed by atoms with Crippen molar-refractivity contribution >= 4 is 23.6 Å². The number of benzene rings is 2. The summed E-state index contributed by atoms with van der Waals surface area (Å²) in [7, 11) is 0. The van der Waals surface area contributed by atoms with Crippen LogP contribution in [-0.2, 0) is 14.3 Å². The largest absolute Gasteiger partial charge is 0.444 e. The lowest BCUT2D eigenvalue weighted by atomic mass is 9.94. The Kier molecular flexibility index (Phi) is 9.68. The first kappa shape index (κ1) is 28.9. The highest BCUT2D eigenvalue weighted by Crippen LogP contribution is 2.30. The van der Waals surface area contributed by atoms with Gasteiger partial charge in [-0.1, -0.05) is 43.3 Å². The van der Waals surface area contributed by atoms with Crippen LogP contribution in [0.5, 0.6) is 0 Å². The number of nitrogens with one attached hydrogen (secondary N) is 2. The molecule has 0 saturated carbocycles. The highest BCUT2D eigenvalue weighted by molar-refractivity contribution is 6.00. The van der Waals surface area contributed by atoms with Gasteiger partial charge in [0.2, 0.25) is 5.91 Å². The van der Waals surface area contributed by atoms with Crippen LogP contribution in [0.15, 0.2) is 36.4 Å². The van der Waals surface area contributed by atoms with Crippen LogP contribution in [0.1, 0.15) is 74.9 Å². The highest BCUT2D eigenvalue weighted by Gasteiger charge is 2.35. The van der Waals surface area contributed by atoms with E-state index in [-0.39, 0.29) is 11.8 Å². The first-order valence-corrected chi connectivity index (χ1v) is 12.5. The fourth-order valence-electron chi connectivity index (χ4n) is 4.13. The molecule has 196 valence electrons. The van der Waals surface area contributed by atoms with E-state index in [4.69, 9.17) is 4.74 Å². The van der Waals surface area contributed by atoms with Gasteiger partial charge in [-0.05, 0) is 89.6 Å². The number of alkyl carbamates (subject to hydrolysis) is 1. The zero-order valence-corrected chi connectivity index (χ0v) is 23.1. The lowest BCUT2D eigenvalue weighted by molar-refractivity contribution is -0.140. The van der Waals surface area contributed by atoms with Crippen molar-refractivity contribution in [1.82, 2.24) is 10.2 Å². The molecule has 2 N–H and O–H groups in total. The second-order valence-corrected chi connectivity index (χ2v) is 10.3. The number of rotatable bonds is 8. The number of para-hydroxylation sites is 1. The Balaban J connectivity index is 2.50. The maximum atomic E-state index is 13.9. The Morgan fingerprint density at radius 3 is 2.06 bits per heavy atom. The molecule has 2 aromatic rings. The van der Waals surface area contributed by atoms with Gasteiger partial charge in [-0.15, -0.1) is 0 Å². The molecule has 2 rings (SSSR count).